The lowest BCUT2D eigenvalue weighted by Crippen LogP contribution is -2.48. The van der Waals surface area contributed by atoms with Gasteiger partial charge >= 0.3 is 0 Å². The summed E-state index contributed by atoms with van der Waals surface area (Å²) in [6.45, 7) is 4.40. The van der Waals surface area contributed by atoms with Crippen molar-refractivity contribution < 1.29 is 18.4 Å². The first-order valence-electron chi connectivity index (χ1n) is 12.2. The van der Waals surface area contributed by atoms with Gasteiger partial charge in [0.1, 0.15) is 5.82 Å². The monoisotopic (exact) mass is 531 g/mol. The molecule has 1 aliphatic rings. The van der Waals surface area contributed by atoms with E-state index in [4.69, 9.17) is 4.42 Å². The highest BCUT2D eigenvalue weighted by Gasteiger charge is 2.22. The molecule has 1 fully saturated rings. The number of carbonyl (C=O) groups is 2. The molecule has 0 aliphatic carbocycles. The summed E-state index contributed by atoms with van der Waals surface area (Å²) >= 11 is 1.18. The summed E-state index contributed by atoms with van der Waals surface area (Å²) in [5.74, 6) is -0.184. The SMILES string of the molecule is Cc1ccccc1-c1nnc(SCC(=O)Nc2ccc(N3CCN(C(=O)c4cccc(F)c4)CC3)cc2)o1. The Morgan fingerprint density at radius 3 is 2.47 bits per heavy atom. The molecule has 2 heterocycles. The molecule has 8 nitrogen and oxygen atoms in total. The summed E-state index contributed by atoms with van der Waals surface area (Å²) in [7, 11) is 0. The van der Waals surface area contributed by atoms with E-state index in [1.54, 1.807) is 17.0 Å². The lowest BCUT2D eigenvalue weighted by Gasteiger charge is -2.36. The lowest BCUT2D eigenvalue weighted by molar-refractivity contribution is -0.113. The van der Waals surface area contributed by atoms with Crippen molar-refractivity contribution in [3.05, 3.63) is 89.7 Å². The summed E-state index contributed by atoms with van der Waals surface area (Å²) in [5, 5.41) is 11.3. The zero-order valence-corrected chi connectivity index (χ0v) is 21.6. The van der Waals surface area contributed by atoms with Gasteiger partial charge in [-0.1, -0.05) is 36.0 Å². The Kier molecular flexibility index (Phi) is 7.69. The van der Waals surface area contributed by atoms with E-state index in [1.807, 2.05) is 55.5 Å². The molecule has 1 aliphatic heterocycles. The molecule has 10 heteroatoms. The molecule has 5 rings (SSSR count). The number of aromatic nitrogens is 2. The van der Waals surface area contributed by atoms with Gasteiger partial charge in [0.05, 0.1) is 5.75 Å². The molecule has 2 amide bonds. The van der Waals surface area contributed by atoms with E-state index in [2.05, 4.69) is 20.4 Å². The molecular formula is C28H26FN5O3S. The van der Waals surface area contributed by atoms with Crippen molar-refractivity contribution in [1.82, 2.24) is 15.1 Å². The van der Waals surface area contributed by atoms with Gasteiger partial charge in [-0.15, -0.1) is 10.2 Å². The van der Waals surface area contributed by atoms with Crippen LogP contribution in [0.4, 0.5) is 15.8 Å². The molecule has 38 heavy (non-hydrogen) atoms. The number of aryl methyl sites for hydroxylation is 1. The third-order valence-corrected chi connectivity index (χ3v) is 7.08. The second kappa shape index (κ2) is 11.5. The molecule has 0 unspecified atom stereocenters. The minimum absolute atomic E-state index is 0.137. The molecule has 3 aromatic carbocycles. The Bertz CT molecular complexity index is 1430. The largest absolute Gasteiger partial charge is 0.411 e. The fourth-order valence-corrected chi connectivity index (χ4v) is 4.80. The number of nitrogens with one attached hydrogen (secondary N) is 1. The molecular weight excluding hydrogens is 505 g/mol. The van der Waals surface area contributed by atoms with Crippen molar-refractivity contribution in [2.45, 2.75) is 12.1 Å². The van der Waals surface area contributed by atoms with Crippen molar-refractivity contribution >= 4 is 35.0 Å². The molecule has 0 radical (unpaired) electrons. The van der Waals surface area contributed by atoms with Crippen LogP contribution >= 0.6 is 11.8 Å². The van der Waals surface area contributed by atoms with E-state index in [9.17, 15) is 14.0 Å². The average molecular weight is 532 g/mol. The molecule has 1 aromatic heterocycles. The minimum atomic E-state index is -0.415. The first-order chi connectivity index (χ1) is 18.5. The number of anilines is 2. The Morgan fingerprint density at radius 2 is 1.74 bits per heavy atom. The summed E-state index contributed by atoms with van der Waals surface area (Å²) in [4.78, 5) is 29.0. The molecule has 1 N–H and O–H groups in total. The lowest BCUT2D eigenvalue weighted by atomic mass is 10.1. The van der Waals surface area contributed by atoms with Crippen LogP contribution in [0.5, 0.6) is 0 Å². The zero-order chi connectivity index (χ0) is 26.5. The predicted molar refractivity (Wildman–Crippen MR) is 145 cm³/mol. The Morgan fingerprint density at radius 1 is 0.974 bits per heavy atom. The number of hydrogen-bond donors (Lipinski definition) is 1. The predicted octanol–water partition coefficient (Wildman–Crippen LogP) is 4.88. The number of amides is 2. The smallest absolute Gasteiger partial charge is 0.277 e. The Hall–Kier alpha value is -4.18. The standard InChI is InChI=1S/C28H26FN5O3S/c1-19-5-2-3-8-24(19)26-31-32-28(37-26)38-18-25(35)30-22-9-11-23(12-10-22)33-13-15-34(16-14-33)27(36)20-6-4-7-21(29)17-20/h2-12,17H,13-16,18H2,1H3,(H,30,35). The summed E-state index contributed by atoms with van der Waals surface area (Å²) in [6, 6.07) is 21.1. The molecule has 4 aromatic rings. The second-order valence-corrected chi connectivity index (χ2v) is 9.79. The van der Waals surface area contributed by atoms with E-state index >= 15 is 0 Å². The van der Waals surface area contributed by atoms with Crippen molar-refractivity contribution in [1.29, 1.82) is 0 Å². The van der Waals surface area contributed by atoms with Crippen molar-refractivity contribution in [2.24, 2.45) is 0 Å². The number of thioether (sulfide) groups is 1. The van der Waals surface area contributed by atoms with Crippen LogP contribution in [0.2, 0.25) is 0 Å². The van der Waals surface area contributed by atoms with E-state index in [1.165, 1.54) is 23.9 Å². The summed E-state index contributed by atoms with van der Waals surface area (Å²) in [6.07, 6.45) is 0. The van der Waals surface area contributed by atoms with Crippen LogP contribution < -0.4 is 10.2 Å². The van der Waals surface area contributed by atoms with E-state index in [0.29, 0.717) is 48.5 Å². The zero-order valence-electron chi connectivity index (χ0n) is 20.8. The second-order valence-electron chi connectivity index (χ2n) is 8.86. The topological polar surface area (TPSA) is 91.6 Å². The van der Waals surface area contributed by atoms with Gasteiger partial charge in [0.25, 0.3) is 11.1 Å². The summed E-state index contributed by atoms with van der Waals surface area (Å²) in [5.41, 5.74) is 3.96. The van der Waals surface area contributed by atoms with Crippen molar-refractivity contribution in [3.8, 4) is 11.5 Å². The first kappa shape index (κ1) is 25.5. The molecule has 0 bridgehead atoms. The van der Waals surface area contributed by atoms with Gasteiger partial charge in [-0.3, -0.25) is 9.59 Å². The van der Waals surface area contributed by atoms with Gasteiger partial charge < -0.3 is 19.5 Å². The summed E-state index contributed by atoms with van der Waals surface area (Å²) < 4.78 is 19.2. The Labute approximate surface area is 223 Å². The van der Waals surface area contributed by atoms with Crippen LogP contribution in [-0.2, 0) is 4.79 Å². The number of carbonyl (C=O) groups excluding carboxylic acids is 2. The van der Waals surface area contributed by atoms with Gasteiger partial charge in [-0.05, 0) is 61.0 Å². The quantitative estimate of drug-likeness (QED) is 0.340. The molecule has 0 saturated carbocycles. The van der Waals surface area contributed by atoms with Crippen LogP contribution in [0.1, 0.15) is 15.9 Å². The van der Waals surface area contributed by atoms with E-state index in [-0.39, 0.29) is 17.6 Å². The van der Waals surface area contributed by atoms with Crippen LogP contribution in [0.25, 0.3) is 11.5 Å². The Balaban J connectivity index is 1.09. The van der Waals surface area contributed by atoms with E-state index < -0.39 is 5.82 Å². The first-order valence-corrected chi connectivity index (χ1v) is 13.2. The number of benzene rings is 3. The highest BCUT2D eigenvalue weighted by molar-refractivity contribution is 7.99. The van der Waals surface area contributed by atoms with Crippen LogP contribution in [0, 0.1) is 12.7 Å². The van der Waals surface area contributed by atoms with Gasteiger partial charge in [-0.25, -0.2) is 4.39 Å². The highest BCUT2D eigenvalue weighted by atomic mass is 32.2. The van der Waals surface area contributed by atoms with Crippen molar-refractivity contribution in [3.63, 3.8) is 0 Å². The molecule has 194 valence electrons. The number of rotatable bonds is 7. The number of nitrogens with zero attached hydrogens (tertiary/aromatic N) is 4. The molecule has 0 spiro atoms. The maximum Gasteiger partial charge on any atom is 0.277 e. The number of hydrogen-bond acceptors (Lipinski definition) is 7. The van der Waals surface area contributed by atoms with Crippen LogP contribution in [0.15, 0.2) is 82.4 Å². The maximum absolute atomic E-state index is 13.5. The van der Waals surface area contributed by atoms with Crippen LogP contribution in [-0.4, -0.2) is 58.8 Å². The van der Waals surface area contributed by atoms with Gasteiger partial charge in [0, 0.05) is 48.7 Å². The fraction of sp³-hybridized carbons (Fsp3) is 0.214. The fourth-order valence-electron chi connectivity index (χ4n) is 4.24. The van der Waals surface area contributed by atoms with Gasteiger partial charge in [0.2, 0.25) is 11.8 Å². The average Bonchev–Trinajstić information content (AvgIpc) is 3.41. The van der Waals surface area contributed by atoms with E-state index in [0.717, 1.165) is 16.8 Å². The normalized spacial score (nSPS) is 13.4. The maximum atomic E-state index is 13.5. The molecule has 1 saturated heterocycles. The third kappa shape index (κ3) is 6.03. The van der Waals surface area contributed by atoms with Gasteiger partial charge in [-0.2, -0.15) is 0 Å². The van der Waals surface area contributed by atoms with Gasteiger partial charge in [0.15, 0.2) is 0 Å². The molecule has 0 atom stereocenters. The highest BCUT2D eigenvalue weighted by Crippen LogP contribution is 2.26. The number of halogens is 1. The number of piperazine rings is 1. The van der Waals surface area contributed by atoms with Crippen LogP contribution in [0.3, 0.4) is 0 Å². The third-order valence-electron chi connectivity index (χ3n) is 6.26. The minimum Gasteiger partial charge on any atom is -0.411 e. The van der Waals surface area contributed by atoms with Crippen molar-refractivity contribution in [2.75, 3.05) is 42.1 Å².